The maximum absolute atomic E-state index is 12.9. The van der Waals surface area contributed by atoms with Gasteiger partial charge in [-0.05, 0) is 36.4 Å². The zero-order chi connectivity index (χ0) is 13.7. The van der Waals surface area contributed by atoms with Crippen molar-refractivity contribution < 1.29 is 13.5 Å². The second-order valence-electron chi connectivity index (χ2n) is 3.97. The van der Waals surface area contributed by atoms with E-state index in [4.69, 9.17) is 10.5 Å². The summed E-state index contributed by atoms with van der Waals surface area (Å²) in [6, 6.07) is 10.7. The van der Waals surface area contributed by atoms with Crippen LogP contribution in [0.25, 0.3) is 0 Å². The van der Waals surface area contributed by atoms with E-state index in [0.29, 0.717) is 24.6 Å². The van der Waals surface area contributed by atoms with E-state index in [1.54, 1.807) is 12.1 Å². The molecular formula is C14H14F2N2O. The van der Waals surface area contributed by atoms with E-state index in [2.05, 4.69) is 5.32 Å². The van der Waals surface area contributed by atoms with Crippen LogP contribution in [0.5, 0.6) is 5.75 Å². The summed E-state index contributed by atoms with van der Waals surface area (Å²) in [4.78, 5) is 0. The third-order valence-electron chi connectivity index (χ3n) is 2.50. The molecule has 0 heterocycles. The Hall–Kier alpha value is -2.30. The molecule has 3 N–H and O–H groups in total. The Kier molecular flexibility index (Phi) is 4.18. The topological polar surface area (TPSA) is 47.3 Å². The smallest absolute Gasteiger partial charge is 0.162 e. The lowest BCUT2D eigenvalue weighted by atomic mass is 10.3. The lowest BCUT2D eigenvalue weighted by molar-refractivity contribution is 0.329. The van der Waals surface area contributed by atoms with Gasteiger partial charge in [0.1, 0.15) is 12.4 Å². The molecule has 2 aromatic rings. The summed E-state index contributed by atoms with van der Waals surface area (Å²) >= 11 is 0. The van der Waals surface area contributed by atoms with E-state index < -0.39 is 11.6 Å². The lowest BCUT2D eigenvalue weighted by Crippen LogP contribution is -2.11. The van der Waals surface area contributed by atoms with Crippen molar-refractivity contribution in [3.05, 3.63) is 54.1 Å². The minimum atomic E-state index is -0.913. The van der Waals surface area contributed by atoms with Gasteiger partial charge >= 0.3 is 0 Å². The second kappa shape index (κ2) is 6.04. The Bertz CT molecular complexity index is 544. The van der Waals surface area contributed by atoms with Gasteiger partial charge in [-0.3, -0.25) is 0 Å². The van der Waals surface area contributed by atoms with Gasteiger partial charge in [-0.25, -0.2) is 8.78 Å². The number of rotatable bonds is 5. The molecule has 0 aromatic heterocycles. The third-order valence-corrected chi connectivity index (χ3v) is 2.50. The highest BCUT2D eigenvalue weighted by atomic mass is 19.2. The zero-order valence-corrected chi connectivity index (χ0v) is 10.2. The summed E-state index contributed by atoms with van der Waals surface area (Å²) in [5.41, 5.74) is 7.18. The van der Waals surface area contributed by atoms with E-state index in [1.165, 1.54) is 6.07 Å². The van der Waals surface area contributed by atoms with E-state index in [1.807, 2.05) is 12.1 Å². The van der Waals surface area contributed by atoms with E-state index in [9.17, 15) is 8.78 Å². The summed E-state index contributed by atoms with van der Waals surface area (Å²) in [7, 11) is 0. The number of ether oxygens (including phenoxy) is 1. The first-order valence-electron chi connectivity index (χ1n) is 5.82. The number of hydrogen-bond donors (Lipinski definition) is 2. The van der Waals surface area contributed by atoms with Gasteiger partial charge in [0.2, 0.25) is 0 Å². The molecule has 0 saturated heterocycles. The lowest BCUT2D eigenvalue weighted by Gasteiger charge is -2.09. The summed E-state index contributed by atoms with van der Waals surface area (Å²) in [6.07, 6.45) is 0. The highest BCUT2D eigenvalue weighted by Crippen LogP contribution is 2.15. The highest BCUT2D eigenvalue weighted by Gasteiger charge is 2.02. The van der Waals surface area contributed by atoms with Crippen LogP contribution in [0, 0.1) is 11.6 Å². The first-order valence-corrected chi connectivity index (χ1v) is 5.82. The van der Waals surface area contributed by atoms with Crippen molar-refractivity contribution in [1.29, 1.82) is 0 Å². The summed E-state index contributed by atoms with van der Waals surface area (Å²) in [5.74, 6) is -1.49. The second-order valence-corrected chi connectivity index (χ2v) is 3.97. The zero-order valence-electron chi connectivity index (χ0n) is 10.2. The van der Waals surface area contributed by atoms with Gasteiger partial charge in [-0.2, -0.15) is 0 Å². The molecule has 19 heavy (non-hydrogen) atoms. The number of nitrogens with one attached hydrogen (secondary N) is 1. The number of hydrogen-bond acceptors (Lipinski definition) is 3. The fourth-order valence-electron chi connectivity index (χ4n) is 1.53. The predicted octanol–water partition coefficient (Wildman–Crippen LogP) is 3.04. The molecule has 0 spiro atoms. The van der Waals surface area contributed by atoms with Crippen molar-refractivity contribution in [2.45, 2.75) is 0 Å². The Labute approximate surface area is 110 Å². The van der Waals surface area contributed by atoms with Crippen LogP contribution in [0.1, 0.15) is 0 Å². The van der Waals surface area contributed by atoms with E-state index in [-0.39, 0.29) is 0 Å². The van der Waals surface area contributed by atoms with Crippen molar-refractivity contribution >= 4 is 11.4 Å². The van der Waals surface area contributed by atoms with Crippen LogP contribution in [0.3, 0.4) is 0 Å². The number of nitrogen functional groups attached to an aromatic ring is 1. The Morgan fingerprint density at radius 2 is 1.74 bits per heavy atom. The molecule has 0 aliphatic heterocycles. The first kappa shape index (κ1) is 13.1. The molecule has 2 aromatic carbocycles. The fourth-order valence-corrected chi connectivity index (χ4v) is 1.53. The maximum atomic E-state index is 12.9. The number of nitrogens with two attached hydrogens (primary N) is 1. The monoisotopic (exact) mass is 264 g/mol. The molecule has 0 atom stereocenters. The summed E-state index contributed by atoms with van der Waals surface area (Å²) in [6.45, 7) is 0.887. The van der Waals surface area contributed by atoms with Gasteiger partial charge in [-0.1, -0.05) is 0 Å². The van der Waals surface area contributed by atoms with E-state index in [0.717, 1.165) is 17.8 Å². The molecule has 100 valence electrons. The van der Waals surface area contributed by atoms with Gasteiger partial charge in [-0.15, -0.1) is 0 Å². The normalized spacial score (nSPS) is 10.2. The summed E-state index contributed by atoms with van der Waals surface area (Å²) in [5, 5.41) is 3.12. The van der Waals surface area contributed by atoms with Gasteiger partial charge in [0.05, 0.1) is 0 Å². The minimum Gasteiger partial charge on any atom is -0.492 e. The van der Waals surface area contributed by atoms with Crippen molar-refractivity contribution in [3.63, 3.8) is 0 Å². The Morgan fingerprint density at radius 3 is 2.42 bits per heavy atom. The van der Waals surface area contributed by atoms with Crippen LogP contribution in [0.15, 0.2) is 42.5 Å². The van der Waals surface area contributed by atoms with Crippen molar-refractivity contribution in [3.8, 4) is 5.75 Å². The van der Waals surface area contributed by atoms with Gasteiger partial charge in [0.15, 0.2) is 11.6 Å². The summed E-state index contributed by atoms with van der Waals surface area (Å²) < 4.78 is 30.9. The maximum Gasteiger partial charge on any atom is 0.162 e. The van der Waals surface area contributed by atoms with Gasteiger partial charge in [0.25, 0.3) is 0 Å². The number of halogens is 2. The van der Waals surface area contributed by atoms with Crippen LogP contribution >= 0.6 is 0 Å². The van der Waals surface area contributed by atoms with Crippen LogP contribution in [0.4, 0.5) is 20.2 Å². The fraction of sp³-hybridized carbons (Fsp3) is 0.143. The van der Waals surface area contributed by atoms with Crippen molar-refractivity contribution in [2.75, 3.05) is 24.2 Å². The third kappa shape index (κ3) is 3.84. The molecule has 0 aliphatic rings. The van der Waals surface area contributed by atoms with Gasteiger partial charge in [0, 0.05) is 24.0 Å². The molecule has 0 bridgehead atoms. The first-order chi connectivity index (χ1) is 9.15. The molecule has 2 rings (SSSR count). The van der Waals surface area contributed by atoms with Crippen LogP contribution in [-0.4, -0.2) is 13.2 Å². The van der Waals surface area contributed by atoms with Gasteiger partial charge < -0.3 is 15.8 Å². The van der Waals surface area contributed by atoms with Crippen LogP contribution in [-0.2, 0) is 0 Å². The van der Waals surface area contributed by atoms with Crippen LogP contribution in [0.2, 0.25) is 0 Å². The SMILES string of the molecule is Nc1ccc(NCCOc2ccc(F)c(F)c2)cc1. The molecule has 0 amide bonds. The van der Waals surface area contributed by atoms with Crippen molar-refractivity contribution in [2.24, 2.45) is 0 Å². The standard InChI is InChI=1S/C14H14F2N2O/c15-13-6-5-12(9-14(13)16)19-8-7-18-11-3-1-10(17)2-4-11/h1-6,9,18H,7-8,17H2. The molecule has 0 saturated carbocycles. The average Bonchev–Trinajstić information content (AvgIpc) is 2.41. The predicted molar refractivity (Wildman–Crippen MR) is 71.2 cm³/mol. The molecule has 5 heteroatoms. The largest absolute Gasteiger partial charge is 0.492 e. The Balaban J connectivity index is 1.77. The molecule has 0 aliphatic carbocycles. The van der Waals surface area contributed by atoms with E-state index >= 15 is 0 Å². The van der Waals surface area contributed by atoms with Crippen LogP contribution < -0.4 is 15.8 Å². The highest BCUT2D eigenvalue weighted by molar-refractivity contribution is 5.51. The quantitative estimate of drug-likeness (QED) is 0.644. The number of anilines is 2. The Morgan fingerprint density at radius 1 is 1.00 bits per heavy atom. The number of benzene rings is 2. The molecule has 0 fully saturated rings. The molecule has 3 nitrogen and oxygen atoms in total. The molecular weight excluding hydrogens is 250 g/mol. The average molecular weight is 264 g/mol. The molecule has 0 radical (unpaired) electrons. The molecule has 0 unspecified atom stereocenters. The minimum absolute atomic E-state index is 0.304. The van der Waals surface area contributed by atoms with Crippen molar-refractivity contribution in [1.82, 2.24) is 0 Å².